The second kappa shape index (κ2) is 11.1. The van der Waals surface area contributed by atoms with Gasteiger partial charge >= 0.3 is 0 Å². The highest BCUT2D eigenvalue weighted by Crippen LogP contribution is 2.32. The van der Waals surface area contributed by atoms with Gasteiger partial charge in [0.2, 0.25) is 0 Å². The minimum atomic E-state index is 0.295. The molecule has 0 aromatic heterocycles. The lowest BCUT2D eigenvalue weighted by molar-refractivity contribution is 0.241. The third-order valence-electron chi connectivity index (χ3n) is 5.80. The van der Waals surface area contributed by atoms with Crippen molar-refractivity contribution in [1.82, 2.24) is 4.90 Å². The molecule has 0 heterocycles. The van der Waals surface area contributed by atoms with Crippen molar-refractivity contribution in [2.75, 3.05) is 7.11 Å². The molecule has 0 aliphatic heterocycles. The van der Waals surface area contributed by atoms with Gasteiger partial charge in [0, 0.05) is 17.5 Å². The topological polar surface area (TPSA) is 45.1 Å². The summed E-state index contributed by atoms with van der Waals surface area (Å²) in [5.41, 5.74) is 2.08. The van der Waals surface area contributed by atoms with Crippen molar-refractivity contribution in [2.24, 2.45) is 4.99 Å². The monoisotopic (exact) mass is 446 g/mol. The van der Waals surface area contributed by atoms with Gasteiger partial charge in [0.1, 0.15) is 11.5 Å². The van der Waals surface area contributed by atoms with Crippen LogP contribution in [0.15, 0.2) is 88.8 Å². The number of amidine groups is 1. The summed E-state index contributed by atoms with van der Waals surface area (Å²) in [5.74, 6) is 1.12. The Morgan fingerprint density at radius 3 is 2.28 bits per heavy atom. The molecule has 3 aromatic carbocycles. The van der Waals surface area contributed by atoms with E-state index in [-0.39, 0.29) is 0 Å². The standard InChI is InChI=1S/C27H30N2O2S/c1-31-25-18-14-22(15-19-25)28-27(32-26-10-6-3-7-11-26)29(23-8-4-2-5-9-23)20-21-12-16-24(30)17-13-21/h3,6-7,10-19,23,30H,2,4-5,8-9,20H2,1H3. The van der Waals surface area contributed by atoms with Crippen LogP contribution < -0.4 is 4.74 Å². The van der Waals surface area contributed by atoms with Gasteiger partial charge in [-0.2, -0.15) is 0 Å². The van der Waals surface area contributed by atoms with E-state index in [1.165, 1.54) is 42.6 Å². The molecule has 0 spiro atoms. The molecule has 1 aliphatic carbocycles. The number of nitrogens with zero attached hydrogens (tertiary/aromatic N) is 2. The number of methoxy groups -OCH3 is 1. The molecule has 4 rings (SSSR count). The van der Waals surface area contributed by atoms with E-state index in [0.717, 1.165) is 23.1 Å². The first-order valence-electron chi connectivity index (χ1n) is 11.2. The average molecular weight is 447 g/mol. The fraction of sp³-hybridized carbons (Fsp3) is 0.296. The summed E-state index contributed by atoms with van der Waals surface area (Å²) < 4.78 is 5.32. The molecular formula is C27H30N2O2S. The Balaban J connectivity index is 1.71. The lowest BCUT2D eigenvalue weighted by atomic mass is 9.94. The zero-order valence-electron chi connectivity index (χ0n) is 18.5. The number of aliphatic imine (C=N–C) groups is 1. The molecule has 4 nitrogen and oxygen atoms in total. The second-order valence-corrected chi connectivity index (χ2v) is 9.13. The zero-order chi connectivity index (χ0) is 22.2. The van der Waals surface area contributed by atoms with Crippen LogP contribution in [-0.2, 0) is 6.54 Å². The van der Waals surface area contributed by atoms with Crippen molar-refractivity contribution in [3.8, 4) is 11.5 Å². The van der Waals surface area contributed by atoms with Gasteiger partial charge in [0.15, 0.2) is 5.17 Å². The quantitative estimate of drug-likeness (QED) is 0.251. The molecule has 1 fully saturated rings. The number of ether oxygens (including phenoxy) is 1. The molecular weight excluding hydrogens is 416 g/mol. The van der Waals surface area contributed by atoms with E-state index in [1.54, 1.807) is 31.0 Å². The van der Waals surface area contributed by atoms with Crippen LogP contribution in [0.3, 0.4) is 0 Å². The summed E-state index contributed by atoms with van der Waals surface area (Å²) >= 11 is 1.71. The lowest BCUT2D eigenvalue weighted by Crippen LogP contribution is -2.39. The van der Waals surface area contributed by atoms with Crippen LogP contribution >= 0.6 is 11.8 Å². The van der Waals surface area contributed by atoms with Crippen molar-refractivity contribution in [3.05, 3.63) is 84.4 Å². The fourth-order valence-corrected chi connectivity index (χ4v) is 5.04. The van der Waals surface area contributed by atoms with Gasteiger partial charge in [-0.15, -0.1) is 0 Å². The summed E-state index contributed by atoms with van der Waals surface area (Å²) in [7, 11) is 1.68. The Bertz CT molecular complexity index is 998. The maximum absolute atomic E-state index is 9.73. The predicted octanol–water partition coefficient (Wildman–Crippen LogP) is 7.02. The van der Waals surface area contributed by atoms with Crippen molar-refractivity contribution >= 4 is 22.6 Å². The lowest BCUT2D eigenvalue weighted by Gasteiger charge is -2.36. The van der Waals surface area contributed by atoms with Gasteiger partial charge in [0.05, 0.1) is 12.8 Å². The summed E-state index contributed by atoms with van der Waals surface area (Å²) in [5, 5.41) is 10.7. The minimum absolute atomic E-state index is 0.295. The smallest absolute Gasteiger partial charge is 0.169 e. The zero-order valence-corrected chi connectivity index (χ0v) is 19.3. The minimum Gasteiger partial charge on any atom is -0.508 e. The van der Waals surface area contributed by atoms with Crippen LogP contribution in [0.5, 0.6) is 11.5 Å². The average Bonchev–Trinajstić information content (AvgIpc) is 2.85. The number of aromatic hydroxyl groups is 1. The number of thioether (sulfide) groups is 1. The molecule has 1 saturated carbocycles. The molecule has 32 heavy (non-hydrogen) atoms. The maximum atomic E-state index is 9.73. The molecule has 0 amide bonds. The van der Waals surface area contributed by atoms with Crippen LogP contribution in [0.4, 0.5) is 5.69 Å². The van der Waals surface area contributed by atoms with Crippen LogP contribution in [0, 0.1) is 0 Å². The SMILES string of the molecule is COc1ccc(N=C(Sc2ccccc2)N(Cc2ccc(O)cc2)C2CCCCC2)cc1. The number of hydrogen-bond donors (Lipinski definition) is 1. The van der Waals surface area contributed by atoms with E-state index in [1.807, 2.05) is 42.5 Å². The third kappa shape index (κ3) is 6.07. The highest BCUT2D eigenvalue weighted by atomic mass is 32.2. The Hall–Kier alpha value is -2.92. The van der Waals surface area contributed by atoms with Crippen molar-refractivity contribution < 1.29 is 9.84 Å². The van der Waals surface area contributed by atoms with Gasteiger partial charge in [-0.25, -0.2) is 4.99 Å². The van der Waals surface area contributed by atoms with Gasteiger partial charge in [-0.3, -0.25) is 0 Å². The first kappa shape index (κ1) is 22.3. The number of phenols is 1. The molecule has 0 bridgehead atoms. The number of hydrogen-bond acceptors (Lipinski definition) is 4. The number of phenolic OH excluding ortho intramolecular Hbond substituents is 1. The highest BCUT2D eigenvalue weighted by molar-refractivity contribution is 8.13. The van der Waals surface area contributed by atoms with Crippen LogP contribution in [0.1, 0.15) is 37.7 Å². The second-order valence-electron chi connectivity index (χ2n) is 8.09. The fourth-order valence-electron chi connectivity index (χ4n) is 4.05. The normalized spacial score (nSPS) is 14.8. The Morgan fingerprint density at radius 2 is 1.62 bits per heavy atom. The number of benzene rings is 3. The van der Waals surface area contributed by atoms with Crippen molar-refractivity contribution in [2.45, 2.75) is 49.6 Å². The van der Waals surface area contributed by atoms with Gasteiger partial charge < -0.3 is 14.7 Å². The third-order valence-corrected chi connectivity index (χ3v) is 6.82. The molecule has 166 valence electrons. The molecule has 0 radical (unpaired) electrons. The van der Waals surface area contributed by atoms with Gasteiger partial charge in [-0.05, 0) is 66.9 Å². The van der Waals surface area contributed by atoms with E-state index < -0.39 is 0 Å². The molecule has 0 atom stereocenters. The van der Waals surface area contributed by atoms with E-state index in [2.05, 4.69) is 29.2 Å². The van der Waals surface area contributed by atoms with Gasteiger partial charge in [0.25, 0.3) is 0 Å². The predicted molar refractivity (Wildman–Crippen MR) is 133 cm³/mol. The molecule has 0 unspecified atom stereocenters. The molecule has 1 N–H and O–H groups in total. The molecule has 5 heteroatoms. The Labute approximate surface area is 195 Å². The van der Waals surface area contributed by atoms with E-state index in [4.69, 9.17) is 9.73 Å². The Morgan fingerprint density at radius 1 is 0.938 bits per heavy atom. The first-order valence-corrected chi connectivity index (χ1v) is 12.0. The largest absolute Gasteiger partial charge is 0.508 e. The molecule has 3 aromatic rings. The molecule has 1 aliphatic rings. The first-order chi connectivity index (χ1) is 15.7. The van der Waals surface area contributed by atoms with Crippen LogP contribution in [0.2, 0.25) is 0 Å². The summed E-state index contributed by atoms with van der Waals surface area (Å²) in [6.45, 7) is 0.764. The van der Waals surface area contributed by atoms with E-state index in [9.17, 15) is 5.11 Å². The highest BCUT2D eigenvalue weighted by Gasteiger charge is 2.25. The number of rotatable bonds is 6. The van der Waals surface area contributed by atoms with Crippen LogP contribution in [0.25, 0.3) is 0 Å². The Kier molecular flexibility index (Phi) is 7.73. The van der Waals surface area contributed by atoms with Crippen molar-refractivity contribution in [3.63, 3.8) is 0 Å². The van der Waals surface area contributed by atoms with Gasteiger partial charge in [-0.1, -0.05) is 61.4 Å². The molecule has 0 saturated heterocycles. The maximum Gasteiger partial charge on any atom is 0.169 e. The summed E-state index contributed by atoms with van der Waals surface area (Å²) in [6, 6.07) is 26.3. The van der Waals surface area contributed by atoms with E-state index >= 15 is 0 Å². The van der Waals surface area contributed by atoms with E-state index in [0.29, 0.717) is 11.8 Å². The van der Waals surface area contributed by atoms with Crippen LogP contribution in [-0.4, -0.2) is 28.3 Å². The summed E-state index contributed by atoms with van der Waals surface area (Å²) in [4.78, 5) is 8.76. The van der Waals surface area contributed by atoms with Crippen molar-refractivity contribution in [1.29, 1.82) is 0 Å². The summed E-state index contributed by atoms with van der Waals surface area (Å²) in [6.07, 6.45) is 6.16.